The highest BCUT2D eigenvalue weighted by atomic mass is 32.1. The first kappa shape index (κ1) is 13.1. The number of thiophene rings is 1. The van der Waals surface area contributed by atoms with Gasteiger partial charge in [0.05, 0.1) is 0 Å². The van der Waals surface area contributed by atoms with Crippen molar-refractivity contribution in [3.8, 4) is 0 Å². The Balaban J connectivity index is 2.20. The lowest BCUT2D eigenvalue weighted by Gasteiger charge is -2.43. The summed E-state index contributed by atoms with van der Waals surface area (Å²) in [5, 5.41) is 5.76. The summed E-state index contributed by atoms with van der Waals surface area (Å²) in [6.07, 6.45) is 0. The molecule has 1 saturated heterocycles. The normalized spacial score (nSPS) is 28.5. The SMILES string of the molecule is CC1CN(C(c2cccs2)C(C)C)C(C)CN1. The molecule has 0 bridgehead atoms. The second kappa shape index (κ2) is 5.51. The fourth-order valence-electron chi connectivity index (χ4n) is 2.77. The Labute approximate surface area is 109 Å². The van der Waals surface area contributed by atoms with E-state index in [0.29, 0.717) is 24.0 Å². The molecule has 3 unspecified atom stereocenters. The van der Waals surface area contributed by atoms with Crippen molar-refractivity contribution in [1.82, 2.24) is 10.2 Å². The molecule has 0 amide bonds. The number of rotatable bonds is 3. The Hall–Kier alpha value is -0.380. The molecule has 1 fully saturated rings. The van der Waals surface area contributed by atoms with Crippen LogP contribution < -0.4 is 5.32 Å². The fourth-order valence-corrected chi connectivity index (χ4v) is 3.79. The predicted octanol–water partition coefficient (Wildman–Crippen LogP) is 3.13. The maximum atomic E-state index is 3.56. The first-order chi connectivity index (χ1) is 8.09. The van der Waals surface area contributed by atoms with Crippen molar-refractivity contribution < 1.29 is 0 Å². The van der Waals surface area contributed by atoms with Crippen molar-refractivity contribution in [1.29, 1.82) is 0 Å². The van der Waals surface area contributed by atoms with Gasteiger partial charge in [-0.3, -0.25) is 4.90 Å². The van der Waals surface area contributed by atoms with E-state index in [2.05, 4.69) is 55.4 Å². The molecule has 1 aliphatic rings. The predicted molar refractivity (Wildman–Crippen MR) is 75.5 cm³/mol. The maximum absolute atomic E-state index is 3.56. The van der Waals surface area contributed by atoms with Gasteiger partial charge in [0.1, 0.15) is 0 Å². The molecule has 2 rings (SSSR count). The highest BCUT2D eigenvalue weighted by Crippen LogP contribution is 2.34. The van der Waals surface area contributed by atoms with Crippen LogP contribution in [0.1, 0.15) is 38.6 Å². The van der Waals surface area contributed by atoms with Crippen molar-refractivity contribution in [2.75, 3.05) is 13.1 Å². The number of nitrogens with one attached hydrogen (secondary N) is 1. The van der Waals surface area contributed by atoms with E-state index in [9.17, 15) is 0 Å². The molecular formula is C14H24N2S. The standard InChI is InChI=1S/C14H24N2S/c1-10(2)14(13-6-5-7-17-13)16-9-11(3)15-8-12(16)4/h5-7,10-12,14-15H,8-9H2,1-4H3. The third-order valence-electron chi connectivity index (χ3n) is 3.64. The van der Waals surface area contributed by atoms with Gasteiger partial charge in [0.25, 0.3) is 0 Å². The van der Waals surface area contributed by atoms with Gasteiger partial charge in [-0.1, -0.05) is 19.9 Å². The molecule has 1 aliphatic heterocycles. The van der Waals surface area contributed by atoms with Crippen LogP contribution in [0, 0.1) is 5.92 Å². The molecule has 0 aliphatic carbocycles. The molecule has 1 aromatic heterocycles. The van der Waals surface area contributed by atoms with E-state index in [-0.39, 0.29) is 0 Å². The van der Waals surface area contributed by atoms with Gasteiger partial charge >= 0.3 is 0 Å². The maximum Gasteiger partial charge on any atom is 0.0468 e. The van der Waals surface area contributed by atoms with Crippen LogP contribution in [0.5, 0.6) is 0 Å². The monoisotopic (exact) mass is 252 g/mol. The minimum absolute atomic E-state index is 0.578. The molecule has 0 radical (unpaired) electrons. The molecule has 0 saturated carbocycles. The number of hydrogen-bond acceptors (Lipinski definition) is 3. The molecular weight excluding hydrogens is 228 g/mol. The third-order valence-corrected chi connectivity index (χ3v) is 4.58. The number of nitrogens with zero attached hydrogens (tertiary/aromatic N) is 1. The smallest absolute Gasteiger partial charge is 0.0468 e. The topological polar surface area (TPSA) is 15.3 Å². The quantitative estimate of drug-likeness (QED) is 0.889. The summed E-state index contributed by atoms with van der Waals surface area (Å²) < 4.78 is 0. The average molecular weight is 252 g/mol. The van der Waals surface area contributed by atoms with Crippen LogP contribution in [0.2, 0.25) is 0 Å². The van der Waals surface area contributed by atoms with Crippen molar-refractivity contribution in [3.63, 3.8) is 0 Å². The van der Waals surface area contributed by atoms with Crippen LogP contribution in [0.25, 0.3) is 0 Å². The summed E-state index contributed by atoms with van der Waals surface area (Å²) in [5.74, 6) is 0.668. The summed E-state index contributed by atoms with van der Waals surface area (Å²) in [6, 6.07) is 6.27. The van der Waals surface area contributed by atoms with E-state index in [0.717, 1.165) is 13.1 Å². The zero-order chi connectivity index (χ0) is 12.4. The lowest BCUT2D eigenvalue weighted by Crippen LogP contribution is -2.55. The minimum atomic E-state index is 0.578. The highest BCUT2D eigenvalue weighted by molar-refractivity contribution is 7.10. The second-order valence-corrected chi connectivity index (χ2v) is 6.54. The van der Waals surface area contributed by atoms with Gasteiger partial charge in [-0.05, 0) is 31.2 Å². The van der Waals surface area contributed by atoms with E-state index in [1.54, 1.807) is 0 Å². The van der Waals surface area contributed by atoms with Crippen LogP contribution >= 0.6 is 11.3 Å². The van der Waals surface area contributed by atoms with Gasteiger partial charge in [0.15, 0.2) is 0 Å². The van der Waals surface area contributed by atoms with Gasteiger partial charge in [-0.15, -0.1) is 11.3 Å². The molecule has 1 N–H and O–H groups in total. The number of hydrogen-bond donors (Lipinski definition) is 1. The van der Waals surface area contributed by atoms with Gasteiger partial charge in [-0.2, -0.15) is 0 Å². The van der Waals surface area contributed by atoms with Gasteiger partial charge in [0, 0.05) is 36.1 Å². The Morgan fingerprint density at radius 2 is 2.18 bits per heavy atom. The Bertz CT molecular complexity index is 334. The van der Waals surface area contributed by atoms with Crippen molar-refractivity contribution in [3.05, 3.63) is 22.4 Å². The lowest BCUT2D eigenvalue weighted by atomic mass is 9.97. The van der Waals surface area contributed by atoms with Crippen LogP contribution in [0.4, 0.5) is 0 Å². The zero-order valence-corrected chi connectivity index (χ0v) is 12.1. The highest BCUT2D eigenvalue weighted by Gasteiger charge is 2.31. The van der Waals surface area contributed by atoms with Gasteiger partial charge in [-0.25, -0.2) is 0 Å². The summed E-state index contributed by atoms with van der Waals surface area (Å²) in [5.41, 5.74) is 0. The lowest BCUT2D eigenvalue weighted by molar-refractivity contribution is 0.0716. The van der Waals surface area contributed by atoms with Crippen LogP contribution in [-0.2, 0) is 0 Å². The Morgan fingerprint density at radius 3 is 2.76 bits per heavy atom. The molecule has 3 heteroatoms. The van der Waals surface area contributed by atoms with Crippen molar-refractivity contribution in [2.24, 2.45) is 5.92 Å². The fraction of sp³-hybridized carbons (Fsp3) is 0.714. The van der Waals surface area contributed by atoms with Gasteiger partial charge in [0.2, 0.25) is 0 Å². The summed E-state index contributed by atoms with van der Waals surface area (Å²) in [4.78, 5) is 4.19. The zero-order valence-electron chi connectivity index (χ0n) is 11.3. The molecule has 2 heterocycles. The summed E-state index contributed by atoms with van der Waals surface area (Å²) in [6.45, 7) is 11.6. The van der Waals surface area contributed by atoms with E-state index in [1.165, 1.54) is 4.88 Å². The summed E-state index contributed by atoms with van der Waals surface area (Å²) >= 11 is 1.89. The molecule has 17 heavy (non-hydrogen) atoms. The minimum Gasteiger partial charge on any atom is -0.311 e. The Morgan fingerprint density at radius 1 is 1.41 bits per heavy atom. The van der Waals surface area contributed by atoms with Crippen molar-refractivity contribution >= 4 is 11.3 Å². The van der Waals surface area contributed by atoms with Crippen LogP contribution in [0.15, 0.2) is 17.5 Å². The van der Waals surface area contributed by atoms with E-state index in [4.69, 9.17) is 0 Å². The Kier molecular flexibility index (Phi) is 4.23. The first-order valence-corrected chi connectivity index (χ1v) is 7.50. The number of piperazine rings is 1. The van der Waals surface area contributed by atoms with Gasteiger partial charge < -0.3 is 5.32 Å². The van der Waals surface area contributed by atoms with E-state index >= 15 is 0 Å². The summed E-state index contributed by atoms with van der Waals surface area (Å²) in [7, 11) is 0. The van der Waals surface area contributed by atoms with Crippen LogP contribution in [0.3, 0.4) is 0 Å². The molecule has 0 spiro atoms. The molecule has 96 valence electrons. The average Bonchev–Trinajstić information content (AvgIpc) is 2.76. The van der Waals surface area contributed by atoms with Crippen molar-refractivity contribution in [2.45, 2.75) is 45.8 Å². The molecule has 0 aromatic carbocycles. The molecule has 3 atom stereocenters. The third kappa shape index (κ3) is 2.90. The largest absolute Gasteiger partial charge is 0.311 e. The second-order valence-electron chi connectivity index (χ2n) is 5.56. The molecule has 2 nitrogen and oxygen atoms in total. The van der Waals surface area contributed by atoms with E-state index < -0.39 is 0 Å². The molecule has 1 aromatic rings. The van der Waals surface area contributed by atoms with E-state index in [1.807, 2.05) is 11.3 Å². The first-order valence-electron chi connectivity index (χ1n) is 6.62. The van der Waals surface area contributed by atoms with Crippen LogP contribution in [-0.4, -0.2) is 30.1 Å².